The van der Waals surface area contributed by atoms with Crippen LogP contribution in [0.2, 0.25) is 10.0 Å². The van der Waals surface area contributed by atoms with Crippen LogP contribution in [0.1, 0.15) is 10.4 Å². The predicted octanol–water partition coefficient (Wildman–Crippen LogP) is 2.67. The number of hydrogen-bond donors (Lipinski definition) is 3. The van der Waals surface area contributed by atoms with E-state index in [1.807, 2.05) is 0 Å². The lowest BCUT2D eigenvalue weighted by Crippen LogP contribution is -2.22. The SMILES string of the molecule is CNC(=O)c1cccnc1NCCNc1ncc(Cl)cc1Cl. The van der Waals surface area contributed by atoms with Gasteiger partial charge in [-0.15, -0.1) is 0 Å². The van der Waals surface area contributed by atoms with Crippen molar-refractivity contribution in [1.29, 1.82) is 0 Å². The molecule has 2 aromatic rings. The Morgan fingerprint density at radius 1 is 1.18 bits per heavy atom. The zero-order chi connectivity index (χ0) is 15.9. The van der Waals surface area contributed by atoms with E-state index in [-0.39, 0.29) is 5.91 Å². The van der Waals surface area contributed by atoms with Crippen LogP contribution < -0.4 is 16.0 Å². The first-order valence-corrected chi connectivity index (χ1v) is 7.33. The summed E-state index contributed by atoms with van der Waals surface area (Å²) in [6.07, 6.45) is 3.14. The lowest BCUT2D eigenvalue weighted by atomic mass is 10.2. The van der Waals surface area contributed by atoms with Gasteiger partial charge in [0, 0.05) is 32.5 Å². The summed E-state index contributed by atoms with van der Waals surface area (Å²) in [6.45, 7) is 1.10. The monoisotopic (exact) mass is 339 g/mol. The van der Waals surface area contributed by atoms with E-state index in [2.05, 4.69) is 25.9 Å². The van der Waals surface area contributed by atoms with Gasteiger partial charge in [-0.25, -0.2) is 9.97 Å². The summed E-state index contributed by atoms with van der Waals surface area (Å²) in [4.78, 5) is 20.0. The van der Waals surface area contributed by atoms with E-state index in [0.29, 0.717) is 40.3 Å². The largest absolute Gasteiger partial charge is 0.368 e. The third-order valence-corrected chi connectivity index (χ3v) is 3.29. The number of carbonyl (C=O) groups excluding carboxylic acids is 1. The fourth-order valence-corrected chi connectivity index (χ4v) is 2.22. The second kappa shape index (κ2) is 7.82. The number of rotatable bonds is 6. The third kappa shape index (κ3) is 4.22. The van der Waals surface area contributed by atoms with Crippen molar-refractivity contribution in [1.82, 2.24) is 15.3 Å². The third-order valence-electron chi connectivity index (χ3n) is 2.80. The molecule has 2 heterocycles. The molecule has 0 unspecified atom stereocenters. The van der Waals surface area contributed by atoms with Crippen LogP contribution in [0.3, 0.4) is 0 Å². The lowest BCUT2D eigenvalue weighted by Gasteiger charge is -2.11. The second-order valence-corrected chi connectivity index (χ2v) is 5.16. The Morgan fingerprint density at radius 3 is 2.59 bits per heavy atom. The molecule has 0 fully saturated rings. The molecule has 0 aliphatic heterocycles. The zero-order valence-corrected chi connectivity index (χ0v) is 13.4. The van der Waals surface area contributed by atoms with Crippen LogP contribution >= 0.6 is 23.2 Å². The number of halogens is 2. The van der Waals surface area contributed by atoms with Crippen LogP contribution in [0, 0.1) is 0 Å². The van der Waals surface area contributed by atoms with Gasteiger partial charge >= 0.3 is 0 Å². The van der Waals surface area contributed by atoms with Crippen LogP contribution in [0.5, 0.6) is 0 Å². The highest BCUT2D eigenvalue weighted by Crippen LogP contribution is 2.22. The summed E-state index contributed by atoms with van der Waals surface area (Å²) in [5.74, 6) is 0.894. The molecule has 0 spiro atoms. The Labute approximate surface area is 138 Å². The summed E-state index contributed by atoms with van der Waals surface area (Å²) in [7, 11) is 1.58. The van der Waals surface area contributed by atoms with Crippen molar-refractivity contribution in [3.8, 4) is 0 Å². The van der Waals surface area contributed by atoms with Gasteiger partial charge < -0.3 is 16.0 Å². The molecule has 6 nitrogen and oxygen atoms in total. The van der Waals surface area contributed by atoms with Crippen molar-refractivity contribution in [3.05, 3.63) is 46.2 Å². The number of carbonyl (C=O) groups is 1. The summed E-state index contributed by atoms with van der Waals surface area (Å²) in [5.41, 5.74) is 0.493. The van der Waals surface area contributed by atoms with Gasteiger partial charge in [-0.1, -0.05) is 23.2 Å². The second-order valence-electron chi connectivity index (χ2n) is 4.32. The maximum Gasteiger partial charge on any atom is 0.254 e. The zero-order valence-electron chi connectivity index (χ0n) is 11.9. The molecule has 0 saturated carbocycles. The minimum atomic E-state index is -0.189. The molecule has 0 saturated heterocycles. The summed E-state index contributed by atoms with van der Waals surface area (Å²) < 4.78 is 0. The first kappa shape index (κ1) is 16.3. The molecule has 0 atom stereocenters. The molecule has 0 aromatic carbocycles. The molecular weight excluding hydrogens is 325 g/mol. The molecule has 1 amide bonds. The smallest absolute Gasteiger partial charge is 0.254 e. The minimum absolute atomic E-state index is 0.189. The maximum atomic E-state index is 11.7. The van der Waals surface area contributed by atoms with Crippen LogP contribution in [0.4, 0.5) is 11.6 Å². The van der Waals surface area contributed by atoms with Crippen LogP contribution in [0.25, 0.3) is 0 Å². The lowest BCUT2D eigenvalue weighted by molar-refractivity contribution is 0.0963. The predicted molar refractivity (Wildman–Crippen MR) is 88.9 cm³/mol. The average Bonchev–Trinajstić information content (AvgIpc) is 2.53. The fourth-order valence-electron chi connectivity index (χ4n) is 1.77. The van der Waals surface area contributed by atoms with Crippen molar-refractivity contribution >= 4 is 40.7 Å². The van der Waals surface area contributed by atoms with Crippen molar-refractivity contribution in [3.63, 3.8) is 0 Å². The molecule has 0 radical (unpaired) electrons. The van der Waals surface area contributed by atoms with Crippen molar-refractivity contribution in [2.45, 2.75) is 0 Å². The van der Waals surface area contributed by atoms with E-state index >= 15 is 0 Å². The van der Waals surface area contributed by atoms with Crippen molar-refractivity contribution < 1.29 is 4.79 Å². The molecule has 0 bridgehead atoms. The topological polar surface area (TPSA) is 78.9 Å². The molecule has 8 heteroatoms. The van der Waals surface area contributed by atoms with Gasteiger partial charge in [-0.05, 0) is 18.2 Å². The van der Waals surface area contributed by atoms with E-state index in [1.165, 1.54) is 6.20 Å². The number of nitrogens with zero attached hydrogens (tertiary/aromatic N) is 2. The molecule has 0 aliphatic rings. The van der Waals surface area contributed by atoms with Gasteiger partial charge in [0.1, 0.15) is 11.6 Å². The normalized spacial score (nSPS) is 10.1. The Kier molecular flexibility index (Phi) is 5.80. The highest BCUT2D eigenvalue weighted by Gasteiger charge is 2.09. The first-order valence-electron chi connectivity index (χ1n) is 6.57. The Bertz CT molecular complexity index is 665. The summed E-state index contributed by atoms with van der Waals surface area (Å²) in [5, 5.41) is 9.69. The number of nitrogens with one attached hydrogen (secondary N) is 3. The number of hydrogen-bond acceptors (Lipinski definition) is 5. The Balaban J connectivity index is 1.90. The summed E-state index contributed by atoms with van der Waals surface area (Å²) in [6, 6.07) is 5.04. The van der Waals surface area contributed by atoms with E-state index < -0.39 is 0 Å². The Morgan fingerprint density at radius 2 is 1.91 bits per heavy atom. The summed E-state index contributed by atoms with van der Waals surface area (Å²) >= 11 is 11.8. The van der Waals surface area contributed by atoms with E-state index in [4.69, 9.17) is 23.2 Å². The van der Waals surface area contributed by atoms with Crippen LogP contribution in [-0.4, -0.2) is 36.0 Å². The average molecular weight is 340 g/mol. The van der Waals surface area contributed by atoms with Crippen molar-refractivity contribution in [2.75, 3.05) is 30.8 Å². The number of amides is 1. The van der Waals surface area contributed by atoms with Gasteiger partial charge in [0.15, 0.2) is 0 Å². The number of anilines is 2. The first-order chi connectivity index (χ1) is 10.6. The van der Waals surface area contributed by atoms with Crippen LogP contribution in [-0.2, 0) is 0 Å². The van der Waals surface area contributed by atoms with Gasteiger partial charge in [0.25, 0.3) is 5.91 Å². The maximum absolute atomic E-state index is 11.7. The van der Waals surface area contributed by atoms with E-state index in [9.17, 15) is 4.79 Å². The van der Waals surface area contributed by atoms with Gasteiger partial charge in [0.2, 0.25) is 0 Å². The van der Waals surface area contributed by atoms with Gasteiger partial charge in [-0.3, -0.25) is 4.79 Å². The fraction of sp³-hybridized carbons (Fsp3) is 0.214. The van der Waals surface area contributed by atoms with Crippen LogP contribution in [0.15, 0.2) is 30.6 Å². The molecule has 0 aliphatic carbocycles. The Hall–Kier alpha value is -2.05. The standard InChI is InChI=1S/C14H15Cl2N5O/c1-17-14(22)10-3-2-4-18-12(10)19-5-6-20-13-11(16)7-9(15)8-21-13/h2-4,7-8H,5-6H2,1H3,(H,17,22)(H,18,19)(H,20,21). The minimum Gasteiger partial charge on any atom is -0.368 e. The van der Waals surface area contributed by atoms with Gasteiger partial charge in [0.05, 0.1) is 15.6 Å². The number of aromatic nitrogens is 2. The van der Waals surface area contributed by atoms with E-state index in [1.54, 1.807) is 31.4 Å². The van der Waals surface area contributed by atoms with Crippen molar-refractivity contribution in [2.24, 2.45) is 0 Å². The molecule has 2 aromatic heterocycles. The highest BCUT2D eigenvalue weighted by atomic mass is 35.5. The number of pyridine rings is 2. The molecule has 3 N–H and O–H groups in total. The molecule has 22 heavy (non-hydrogen) atoms. The highest BCUT2D eigenvalue weighted by molar-refractivity contribution is 6.35. The molecule has 2 rings (SSSR count). The molecular formula is C14H15Cl2N5O. The molecule has 116 valence electrons. The van der Waals surface area contributed by atoms with E-state index in [0.717, 1.165) is 0 Å². The quantitative estimate of drug-likeness (QED) is 0.705. The van der Waals surface area contributed by atoms with Gasteiger partial charge in [-0.2, -0.15) is 0 Å².